The molecule has 0 saturated heterocycles. The van der Waals surface area contributed by atoms with E-state index < -0.39 is 0 Å². The highest BCUT2D eigenvalue weighted by atomic mass is 15.0. The molecule has 0 amide bonds. The van der Waals surface area contributed by atoms with E-state index in [0.29, 0.717) is 12.1 Å². The topological polar surface area (TPSA) is 69.3 Å². The summed E-state index contributed by atoms with van der Waals surface area (Å²) in [5.74, 6) is 0. The predicted molar refractivity (Wildman–Crippen MR) is 293 cm³/mol. The molecule has 0 atom stereocenters. The van der Waals surface area contributed by atoms with Crippen molar-refractivity contribution in [3.8, 4) is 0 Å². The van der Waals surface area contributed by atoms with Gasteiger partial charge in [0, 0.05) is 51.6 Å². The van der Waals surface area contributed by atoms with Gasteiger partial charge in [-0.2, -0.15) is 0 Å². The van der Waals surface area contributed by atoms with Crippen molar-refractivity contribution in [3.63, 3.8) is 0 Å². The molecule has 4 heteroatoms. The minimum Gasteiger partial charge on any atom is -0.399 e. The Morgan fingerprint density at radius 2 is 1.23 bits per heavy atom. The first-order chi connectivity index (χ1) is 31.5. The van der Waals surface area contributed by atoms with Gasteiger partial charge in [-0.25, -0.2) is 4.99 Å². The number of nitrogens with zero attached hydrogens (tertiary/aromatic N) is 2. The molecule has 0 aliphatic rings. The van der Waals surface area contributed by atoms with Crippen molar-refractivity contribution in [2.75, 3.05) is 11.5 Å². The lowest BCUT2D eigenvalue weighted by molar-refractivity contribution is 0.504. The van der Waals surface area contributed by atoms with Crippen LogP contribution in [-0.4, -0.2) is 10.3 Å². The molecule has 6 aromatic rings. The zero-order valence-corrected chi connectivity index (χ0v) is 42.2. The number of rotatable bonds is 18. The summed E-state index contributed by atoms with van der Waals surface area (Å²) >= 11 is 0. The molecule has 4 N–H and O–H groups in total. The van der Waals surface area contributed by atoms with E-state index in [1.54, 1.807) is 0 Å². The van der Waals surface area contributed by atoms with Crippen LogP contribution in [0.4, 0.5) is 17.1 Å². The molecule has 0 fully saturated rings. The average molecular weight is 879 g/mol. The van der Waals surface area contributed by atoms with Gasteiger partial charge in [-0.15, -0.1) is 0 Å². The predicted octanol–water partition coefficient (Wildman–Crippen LogP) is 17.7. The van der Waals surface area contributed by atoms with Gasteiger partial charge in [-0.1, -0.05) is 203 Å². The number of aromatic nitrogens is 1. The van der Waals surface area contributed by atoms with Crippen LogP contribution in [0.5, 0.6) is 0 Å². The standard InChI is InChI=1S/C62H78N4/c1-12-14-15-16-17-21-39-66-57-41-49(31-35-54(57)55-36-32-50(42-58(55)66)62(9,10)11)43(3)26-28-47(22-13-2)53-38-37-52(44(4)25-27-45(5)61(6,7)8)60(59(53)64)65-56(40-46-23-19-18-20-24-46)48-29-33-51(63)34-30-48/h18-20,23-38,41-42H,12-17,21-22,39-40,63-64H2,1-11H3/b43-26+,44-25+,45-27+,47-28+,65-56?. The van der Waals surface area contributed by atoms with E-state index in [1.165, 1.54) is 93.7 Å². The SMILES string of the molecule is CCCCCCCCn1c2cc(/C(C)=C/C=C(\CCC)c3ccc(/C(C)=C/C=C(\C)C(C)(C)C)c(N=C(Cc4ccccc4)c4ccc(N)cc4)c3N)ccc2c2ccc(C(C)(C)C)cc21. The Bertz CT molecular complexity index is 2750. The monoisotopic (exact) mass is 879 g/mol. The van der Waals surface area contributed by atoms with E-state index in [4.69, 9.17) is 16.5 Å². The first-order valence-corrected chi connectivity index (χ1v) is 24.7. The second kappa shape index (κ2) is 22.1. The summed E-state index contributed by atoms with van der Waals surface area (Å²) in [6.45, 7) is 25.9. The molecule has 5 aromatic carbocycles. The number of benzene rings is 5. The maximum Gasteiger partial charge on any atom is 0.0943 e. The summed E-state index contributed by atoms with van der Waals surface area (Å²) in [7, 11) is 0. The molecule has 0 unspecified atom stereocenters. The van der Waals surface area contributed by atoms with Crippen LogP contribution >= 0.6 is 0 Å². The van der Waals surface area contributed by atoms with Crippen molar-refractivity contribution in [2.45, 2.75) is 146 Å². The third-order valence-electron chi connectivity index (χ3n) is 13.4. The molecular formula is C62H78N4. The van der Waals surface area contributed by atoms with Crippen molar-refractivity contribution in [1.82, 2.24) is 4.57 Å². The summed E-state index contributed by atoms with van der Waals surface area (Å²) in [5.41, 5.74) is 31.3. The lowest BCUT2D eigenvalue weighted by Gasteiger charge is -2.19. The van der Waals surface area contributed by atoms with Gasteiger partial charge in [0.05, 0.1) is 17.1 Å². The summed E-state index contributed by atoms with van der Waals surface area (Å²) in [5, 5.41) is 2.67. The summed E-state index contributed by atoms with van der Waals surface area (Å²) in [4.78, 5) is 5.55. The van der Waals surface area contributed by atoms with Crippen LogP contribution in [0, 0.1) is 5.41 Å². The van der Waals surface area contributed by atoms with Crippen molar-refractivity contribution in [3.05, 3.63) is 166 Å². The number of nitrogens with two attached hydrogens (primary N) is 2. The molecule has 346 valence electrons. The van der Waals surface area contributed by atoms with Gasteiger partial charge in [0.15, 0.2) is 0 Å². The van der Waals surface area contributed by atoms with Crippen molar-refractivity contribution in [1.29, 1.82) is 0 Å². The molecule has 0 aliphatic carbocycles. The maximum absolute atomic E-state index is 7.43. The van der Waals surface area contributed by atoms with E-state index in [0.717, 1.165) is 58.7 Å². The average Bonchev–Trinajstić information content (AvgIpc) is 3.60. The van der Waals surface area contributed by atoms with Gasteiger partial charge in [-0.3, -0.25) is 0 Å². The zero-order chi connectivity index (χ0) is 47.6. The Hall–Kier alpha value is -5.87. The second-order valence-electron chi connectivity index (χ2n) is 20.6. The van der Waals surface area contributed by atoms with Gasteiger partial charge in [0.2, 0.25) is 0 Å². The Morgan fingerprint density at radius 3 is 1.89 bits per heavy atom. The third kappa shape index (κ3) is 12.3. The third-order valence-corrected chi connectivity index (χ3v) is 13.4. The van der Waals surface area contributed by atoms with Gasteiger partial charge in [-0.05, 0) is 108 Å². The highest BCUT2D eigenvalue weighted by Gasteiger charge is 2.20. The van der Waals surface area contributed by atoms with E-state index in [9.17, 15) is 0 Å². The van der Waals surface area contributed by atoms with Crippen LogP contribution in [0.2, 0.25) is 0 Å². The second-order valence-corrected chi connectivity index (χ2v) is 20.6. The highest BCUT2D eigenvalue weighted by molar-refractivity contribution is 6.09. The van der Waals surface area contributed by atoms with Gasteiger partial charge in [0.25, 0.3) is 0 Å². The lowest BCUT2D eigenvalue weighted by atomic mass is 9.86. The lowest BCUT2D eigenvalue weighted by Crippen LogP contribution is -2.11. The largest absolute Gasteiger partial charge is 0.399 e. The number of aliphatic imine (C=N–C) groups is 1. The maximum atomic E-state index is 7.43. The Kier molecular flexibility index (Phi) is 16.6. The molecule has 6 rings (SSSR count). The fraction of sp³-hybridized carbons (Fsp3) is 0.371. The number of fused-ring (bicyclic) bond motifs is 3. The first-order valence-electron chi connectivity index (χ1n) is 24.7. The summed E-state index contributed by atoms with van der Waals surface area (Å²) in [6.07, 6.45) is 19.3. The Labute approximate surface area is 398 Å². The number of allylic oxidation sites excluding steroid dienone is 8. The van der Waals surface area contributed by atoms with Crippen LogP contribution in [0.25, 0.3) is 38.5 Å². The van der Waals surface area contributed by atoms with E-state index in [2.05, 4.69) is 196 Å². The fourth-order valence-electron chi connectivity index (χ4n) is 8.72. The van der Waals surface area contributed by atoms with Gasteiger partial charge >= 0.3 is 0 Å². The van der Waals surface area contributed by atoms with Gasteiger partial charge < -0.3 is 16.0 Å². The first kappa shape index (κ1) is 49.6. The summed E-state index contributed by atoms with van der Waals surface area (Å²) in [6, 6.07) is 37.2. The number of hydrogen-bond donors (Lipinski definition) is 2. The molecule has 0 saturated carbocycles. The van der Waals surface area contributed by atoms with Crippen LogP contribution in [-0.2, 0) is 18.4 Å². The summed E-state index contributed by atoms with van der Waals surface area (Å²) < 4.78 is 2.60. The van der Waals surface area contributed by atoms with Crippen LogP contribution in [0.3, 0.4) is 0 Å². The number of aryl methyl sites for hydroxylation is 1. The van der Waals surface area contributed by atoms with E-state index in [1.807, 2.05) is 12.1 Å². The molecule has 0 radical (unpaired) electrons. The fourth-order valence-corrected chi connectivity index (χ4v) is 8.72. The quantitative estimate of drug-likeness (QED) is 0.0391. The molecule has 0 bridgehead atoms. The molecule has 0 spiro atoms. The van der Waals surface area contributed by atoms with Crippen LogP contribution in [0.1, 0.15) is 161 Å². The molecular weight excluding hydrogens is 801 g/mol. The van der Waals surface area contributed by atoms with Crippen molar-refractivity contribution < 1.29 is 0 Å². The van der Waals surface area contributed by atoms with Crippen molar-refractivity contribution >= 4 is 61.3 Å². The van der Waals surface area contributed by atoms with Crippen LogP contribution in [0.15, 0.2) is 138 Å². The number of nitrogen functional groups attached to an aromatic ring is 2. The molecule has 66 heavy (non-hydrogen) atoms. The van der Waals surface area contributed by atoms with E-state index >= 15 is 0 Å². The van der Waals surface area contributed by atoms with Crippen LogP contribution < -0.4 is 11.5 Å². The molecule has 0 aliphatic heterocycles. The smallest absolute Gasteiger partial charge is 0.0943 e. The molecule has 4 nitrogen and oxygen atoms in total. The number of anilines is 2. The Morgan fingerprint density at radius 1 is 0.606 bits per heavy atom. The zero-order valence-electron chi connectivity index (χ0n) is 42.2. The van der Waals surface area contributed by atoms with Crippen molar-refractivity contribution in [2.24, 2.45) is 10.4 Å². The number of hydrogen-bond acceptors (Lipinski definition) is 3. The Balaban J connectivity index is 1.47. The highest BCUT2D eigenvalue weighted by Crippen LogP contribution is 2.41. The number of unbranched alkanes of at least 4 members (excludes halogenated alkanes) is 5. The molecule has 1 heterocycles. The van der Waals surface area contributed by atoms with E-state index in [-0.39, 0.29) is 10.8 Å². The minimum atomic E-state index is 0.0675. The normalized spacial score (nSPS) is 13.7. The molecule has 1 aromatic heterocycles. The minimum absolute atomic E-state index is 0.0675. The van der Waals surface area contributed by atoms with Gasteiger partial charge in [0.1, 0.15) is 0 Å².